The van der Waals surface area contributed by atoms with Crippen LogP contribution >= 0.6 is 0 Å². The Labute approximate surface area is 55.6 Å². The predicted molar refractivity (Wildman–Crippen MR) is 37.6 cm³/mol. The summed E-state index contributed by atoms with van der Waals surface area (Å²) in [4.78, 5) is 0. The molecule has 0 aliphatic heterocycles. The van der Waals surface area contributed by atoms with Crippen LogP contribution in [0.1, 0.15) is 13.8 Å². The Hall–Kier alpha value is -0.700. The molecule has 0 saturated carbocycles. The Balaban J connectivity index is 3.20. The molecule has 0 rings (SSSR count). The van der Waals surface area contributed by atoms with E-state index in [4.69, 9.17) is 10.8 Å². The third-order valence-electron chi connectivity index (χ3n) is 0.743. The molecule has 0 aromatic carbocycles. The van der Waals surface area contributed by atoms with Crippen LogP contribution in [0.3, 0.4) is 0 Å². The van der Waals surface area contributed by atoms with Crippen molar-refractivity contribution >= 4 is 0 Å². The molecular weight excluding hydrogens is 116 g/mol. The molecular formula is C6H14N2O. The maximum absolute atomic E-state index is 8.73. The summed E-state index contributed by atoms with van der Waals surface area (Å²) in [5.74, 6) is 0. The summed E-state index contributed by atoms with van der Waals surface area (Å²) in [6, 6.07) is 0. The van der Waals surface area contributed by atoms with Gasteiger partial charge >= 0.3 is 0 Å². The lowest BCUT2D eigenvalue weighted by atomic mass is 10.4. The molecule has 0 heterocycles. The van der Waals surface area contributed by atoms with Crippen LogP contribution in [0.4, 0.5) is 0 Å². The lowest BCUT2D eigenvalue weighted by Crippen LogP contribution is -2.20. The standard InChI is InChI=1S/C6H14N2O/c1-5(7)3-8-4-6(2)9/h3,6,8-9H,4,7H2,1-2H3. The summed E-state index contributed by atoms with van der Waals surface area (Å²) in [6.45, 7) is 4.05. The van der Waals surface area contributed by atoms with Crippen molar-refractivity contribution in [2.45, 2.75) is 20.0 Å². The lowest BCUT2D eigenvalue weighted by molar-refractivity contribution is 0.196. The zero-order chi connectivity index (χ0) is 7.28. The van der Waals surface area contributed by atoms with E-state index in [0.717, 1.165) is 5.70 Å². The zero-order valence-corrected chi connectivity index (χ0v) is 5.89. The SMILES string of the molecule is CC(N)=CNCC(C)O. The molecule has 1 unspecified atom stereocenters. The monoisotopic (exact) mass is 130 g/mol. The van der Waals surface area contributed by atoms with E-state index in [1.165, 1.54) is 0 Å². The fraction of sp³-hybridized carbons (Fsp3) is 0.667. The van der Waals surface area contributed by atoms with E-state index in [1.807, 2.05) is 0 Å². The average Bonchev–Trinajstić information content (AvgIpc) is 1.63. The number of aliphatic hydroxyl groups excluding tert-OH is 1. The van der Waals surface area contributed by atoms with Gasteiger partial charge in [-0.15, -0.1) is 0 Å². The quantitative estimate of drug-likeness (QED) is 0.495. The second-order valence-electron chi connectivity index (χ2n) is 2.15. The second-order valence-corrected chi connectivity index (χ2v) is 2.15. The Morgan fingerprint density at radius 1 is 1.89 bits per heavy atom. The number of hydrogen-bond donors (Lipinski definition) is 3. The van der Waals surface area contributed by atoms with Gasteiger partial charge in [0.2, 0.25) is 0 Å². The van der Waals surface area contributed by atoms with Gasteiger partial charge in [-0.05, 0) is 13.8 Å². The van der Waals surface area contributed by atoms with Crippen LogP contribution in [0.5, 0.6) is 0 Å². The summed E-state index contributed by atoms with van der Waals surface area (Å²) in [5.41, 5.74) is 6.01. The third-order valence-corrected chi connectivity index (χ3v) is 0.743. The molecule has 0 spiro atoms. The van der Waals surface area contributed by atoms with Crippen LogP contribution in [-0.4, -0.2) is 17.8 Å². The Morgan fingerprint density at radius 2 is 2.44 bits per heavy atom. The van der Waals surface area contributed by atoms with Gasteiger partial charge in [-0.3, -0.25) is 0 Å². The van der Waals surface area contributed by atoms with E-state index in [2.05, 4.69) is 5.32 Å². The van der Waals surface area contributed by atoms with Crippen LogP contribution in [0, 0.1) is 0 Å². The smallest absolute Gasteiger partial charge is 0.0684 e. The molecule has 3 nitrogen and oxygen atoms in total. The number of nitrogens with two attached hydrogens (primary N) is 1. The second kappa shape index (κ2) is 4.21. The molecule has 0 aliphatic carbocycles. The van der Waals surface area contributed by atoms with Gasteiger partial charge < -0.3 is 16.2 Å². The fourth-order valence-corrected chi connectivity index (χ4v) is 0.390. The van der Waals surface area contributed by atoms with Crippen molar-refractivity contribution in [3.63, 3.8) is 0 Å². The molecule has 0 fully saturated rings. The number of allylic oxidation sites excluding steroid dienone is 1. The van der Waals surface area contributed by atoms with Gasteiger partial charge in [-0.1, -0.05) is 0 Å². The van der Waals surface area contributed by atoms with E-state index in [9.17, 15) is 0 Å². The van der Waals surface area contributed by atoms with Crippen molar-refractivity contribution in [3.8, 4) is 0 Å². The van der Waals surface area contributed by atoms with Crippen molar-refractivity contribution in [1.82, 2.24) is 5.32 Å². The Morgan fingerprint density at radius 3 is 2.78 bits per heavy atom. The molecule has 54 valence electrons. The molecule has 9 heavy (non-hydrogen) atoms. The summed E-state index contributed by atoms with van der Waals surface area (Å²) >= 11 is 0. The van der Waals surface area contributed by atoms with Gasteiger partial charge in [0, 0.05) is 18.4 Å². The van der Waals surface area contributed by atoms with Gasteiger partial charge in [0.25, 0.3) is 0 Å². The minimum atomic E-state index is -0.319. The topological polar surface area (TPSA) is 58.3 Å². The van der Waals surface area contributed by atoms with Gasteiger partial charge in [0.1, 0.15) is 0 Å². The van der Waals surface area contributed by atoms with Gasteiger partial charge in [-0.25, -0.2) is 0 Å². The van der Waals surface area contributed by atoms with E-state index < -0.39 is 0 Å². The Kier molecular flexibility index (Phi) is 3.88. The summed E-state index contributed by atoms with van der Waals surface area (Å²) in [5, 5.41) is 11.6. The molecule has 3 heteroatoms. The molecule has 0 bridgehead atoms. The number of hydrogen-bond acceptors (Lipinski definition) is 3. The van der Waals surface area contributed by atoms with Crippen LogP contribution in [0.15, 0.2) is 11.9 Å². The molecule has 4 N–H and O–H groups in total. The van der Waals surface area contributed by atoms with E-state index in [0.29, 0.717) is 6.54 Å². The van der Waals surface area contributed by atoms with Crippen molar-refractivity contribution in [2.75, 3.05) is 6.54 Å². The lowest BCUT2D eigenvalue weighted by Gasteiger charge is -2.02. The van der Waals surface area contributed by atoms with Crippen LogP contribution in [0.2, 0.25) is 0 Å². The molecule has 0 saturated heterocycles. The molecule has 0 amide bonds. The van der Waals surface area contributed by atoms with E-state index >= 15 is 0 Å². The van der Waals surface area contributed by atoms with Gasteiger partial charge in [0.05, 0.1) is 6.10 Å². The predicted octanol–water partition coefficient (Wildman–Crippen LogP) is -0.223. The number of aliphatic hydroxyl groups is 1. The highest BCUT2D eigenvalue weighted by atomic mass is 16.3. The highest BCUT2D eigenvalue weighted by Gasteiger charge is 1.88. The first kappa shape index (κ1) is 8.30. The van der Waals surface area contributed by atoms with Crippen molar-refractivity contribution in [3.05, 3.63) is 11.9 Å². The molecule has 0 aliphatic rings. The van der Waals surface area contributed by atoms with Crippen LogP contribution in [-0.2, 0) is 0 Å². The summed E-state index contributed by atoms with van der Waals surface area (Å²) in [7, 11) is 0. The highest BCUT2D eigenvalue weighted by molar-refractivity contribution is 4.89. The van der Waals surface area contributed by atoms with Crippen molar-refractivity contribution < 1.29 is 5.11 Å². The van der Waals surface area contributed by atoms with Crippen LogP contribution < -0.4 is 11.1 Å². The first-order chi connectivity index (χ1) is 4.13. The van der Waals surface area contributed by atoms with Gasteiger partial charge in [0.15, 0.2) is 0 Å². The van der Waals surface area contributed by atoms with Crippen molar-refractivity contribution in [2.24, 2.45) is 5.73 Å². The minimum Gasteiger partial charge on any atom is -0.401 e. The molecule has 1 atom stereocenters. The normalized spacial score (nSPS) is 15.2. The van der Waals surface area contributed by atoms with E-state index in [-0.39, 0.29) is 6.10 Å². The number of rotatable bonds is 3. The highest BCUT2D eigenvalue weighted by Crippen LogP contribution is 1.77. The molecule has 0 aromatic rings. The summed E-state index contributed by atoms with van der Waals surface area (Å²) < 4.78 is 0. The Bertz CT molecular complexity index is 95.2. The average molecular weight is 130 g/mol. The zero-order valence-electron chi connectivity index (χ0n) is 5.89. The third kappa shape index (κ3) is 7.30. The van der Waals surface area contributed by atoms with Crippen LogP contribution in [0.25, 0.3) is 0 Å². The first-order valence-electron chi connectivity index (χ1n) is 2.96. The van der Waals surface area contributed by atoms with Crippen molar-refractivity contribution in [1.29, 1.82) is 0 Å². The molecule has 0 radical (unpaired) electrons. The van der Waals surface area contributed by atoms with Gasteiger partial charge in [-0.2, -0.15) is 0 Å². The number of nitrogens with one attached hydrogen (secondary N) is 1. The largest absolute Gasteiger partial charge is 0.401 e. The summed E-state index contributed by atoms with van der Waals surface area (Å²) in [6.07, 6.45) is 1.35. The minimum absolute atomic E-state index is 0.319. The maximum Gasteiger partial charge on any atom is 0.0684 e. The first-order valence-corrected chi connectivity index (χ1v) is 2.96. The maximum atomic E-state index is 8.73. The van der Waals surface area contributed by atoms with E-state index in [1.54, 1.807) is 20.0 Å². The fourth-order valence-electron chi connectivity index (χ4n) is 0.390. The molecule has 0 aromatic heterocycles.